The Morgan fingerprint density at radius 3 is 2.38 bits per heavy atom. The molecule has 8 heteroatoms. The van der Waals surface area contributed by atoms with Crippen LogP contribution in [0.15, 0.2) is 60.9 Å². The summed E-state index contributed by atoms with van der Waals surface area (Å²) in [5.74, 6) is -0.405. The molecule has 0 aliphatic heterocycles. The van der Waals surface area contributed by atoms with E-state index >= 15 is 0 Å². The number of halogens is 1. The number of amides is 2. The summed E-state index contributed by atoms with van der Waals surface area (Å²) in [7, 11) is 0. The molecular weight excluding hydrogens is 373 g/mol. The monoisotopic (exact) mass is 393 g/mol. The van der Waals surface area contributed by atoms with Crippen LogP contribution in [-0.4, -0.2) is 28.3 Å². The molecule has 0 atom stereocenters. The highest BCUT2D eigenvalue weighted by molar-refractivity contribution is 5.93. The molecule has 0 spiro atoms. The van der Waals surface area contributed by atoms with E-state index in [0.717, 1.165) is 5.56 Å². The second-order valence-corrected chi connectivity index (χ2v) is 6.31. The molecule has 3 N–H and O–H groups in total. The number of nitrogens with zero attached hydrogens (tertiary/aromatic N) is 2. The summed E-state index contributed by atoms with van der Waals surface area (Å²) in [6.07, 6.45) is 3.46. The molecule has 29 heavy (non-hydrogen) atoms. The van der Waals surface area contributed by atoms with Gasteiger partial charge in [-0.2, -0.15) is 0 Å². The summed E-state index contributed by atoms with van der Waals surface area (Å²) < 4.78 is 12.9. The Morgan fingerprint density at radius 2 is 1.69 bits per heavy atom. The number of hydrogen-bond donors (Lipinski definition) is 3. The lowest BCUT2D eigenvalue weighted by Crippen LogP contribution is -2.26. The van der Waals surface area contributed by atoms with Gasteiger partial charge in [-0.25, -0.2) is 14.4 Å². The van der Waals surface area contributed by atoms with E-state index in [1.165, 1.54) is 31.5 Å². The maximum absolute atomic E-state index is 12.9. The van der Waals surface area contributed by atoms with E-state index in [1.54, 1.807) is 30.3 Å². The van der Waals surface area contributed by atoms with Crippen molar-refractivity contribution in [2.24, 2.45) is 0 Å². The third kappa shape index (κ3) is 6.10. The number of carbonyl (C=O) groups excluding carboxylic acids is 2. The first kappa shape index (κ1) is 19.9. The summed E-state index contributed by atoms with van der Waals surface area (Å²) in [5, 5.41) is 8.50. The molecule has 0 fully saturated rings. The van der Waals surface area contributed by atoms with Gasteiger partial charge in [0, 0.05) is 37.2 Å². The number of anilines is 3. The number of hydrogen-bond acceptors (Lipinski definition) is 5. The average molecular weight is 393 g/mol. The standard InChI is InChI=1S/C21H20FN5O2/c1-14(28)26-18-3-2-4-19(11-18)27-21-24-12-16(13-25-21)20(29)23-10-9-15-5-7-17(22)8-6-15/h2-8,11-13H,9-10H2,1H3,(H,23,29)(H,26,28)(H,24,25,27). The first-order valence-electron chi connectivity index (χ1n) is 8.99. The van der Waals surface area contributed by atoms with Crippen LogP contribution in [-0.2, 0) is 11.2 Å². The number of benzene rings is 2. The normalized spacial score (nSPS) is 10.3. The predicted molar refractivity (Wildman–Crippen MR) is 108 cm³/mol. The fourth-order valence-corrected chi connectivity index (χ4v) is 2.59. The van der Waals surface area contributed by atoms with E-state index in [0.29, 0.717) is 35.9 Å². The van der Waals surface area contributed by atoms with Crippen LogP contribution >= 0.6 is 0 Å². The third-order valence-corrected chi connectivity index (χ3v) is 3.97. The average Bonchev–Trinajstić information content (AvgIpc) is 2.70. The second-order valence-electron chi connectivity index (χ2n) is 6.31. The lowest BCUT2D eigenvalue weighted by Gasteiger charge is -2.08. The van der Waals surface area contributed by atoms with E-state index in [-0.39, 0.29) is 17.6 Å². The minimum absolute atomic E-state index is 0.159. The van der Waals surface area contributed by atoms with Crippen LogP contribution in [0.5, 0.6) is 0 Å². The van der Waals surface area contributed by atoms with Gasteiger partial charge in [0.25, 0.3) is 5.91 Å². The van der Waals surface area contributed by atoms with Gasteiger partial charge >= 0.3 is 0 Å². The Labute approximate surface area is 167 Å². The van der Waals surface area contributed by atoms with Crippen molar-refractivity contribution in [3.8, 4) is 0 Å². The van der Waals surface area contributed by atoms with E-state index in [9.17, 15) is 14.0 Å². The molecule has 0 radical (unpaired) electrons. The van der Waals surface area contributed by atoms with E-state index in [4.69, 9.17) is 0 Å². The van der Waals surface area contributed by atoms with Gasteiger partial charge in [-0.05, 0) is 42.3 Å². The first-order chi connectivity index (χ1) is 14.0. The molecule has 3 rings (SSSR count). The van der Waals surface area contributed by atoms with Gasteiger partial charge in [0.05, 0.1) is 5.56 Å². The van der Waals surface area contributed by atoms with Crippen molar-refractivity contribution in [3.63, 3.8) is 0 Å². The number of carbonyl (C=O) groups is 2. The van der Waals surface area contributed by atoms with Crippen LogP contribution < -0.4 is 16.0 Å². The fraction of sp³-hybridized carbons (Fsp3) is 0.143. The van der Waals surface area contributed by atoms with Crippen LogP contribution in [0.1, 0.15) is 22.8 Å². The van der Waals surface area contributed by atoms with Crippen LogP contribution in [0.25, 0.3) is 0 Å². The van der Waals surface area contributed by atoms with E-state index < -0.39 is 0 Å². The Morgan fingerprint density at radius 1 is 1.00 bits per heavy atom. The highest BCUT2D eigenvalue weighted by Gasteiger charge is 2.07. The van der Waals surface area contributed by atoms with Crippen molar-refractivity contribution in [1.29, 1.82) is 0 Å². The lowest BCUT2D eigenvalue weighted by atomic mass is 10.1. The van der Waals surface area contributed by atoms with Crippen LogP contribution in [0.2, 0.25) is 0 Å². The molecule has 0 saturated heterocycles. The minimum Gasteiger partial charge on any atom is -0.352 e. The predicted octanol–water partition coefficient (Wildman–Crippen LogP) is 3.29. The van der Waals surface area contributed by atoms with Crippen molar-refractivity contribution in [1.82, 2.24) is 15.3 Å². The molecule has 2 amide bonds. The molecule has 7 nitrogen and oxygen atoms in total. The molecule has 0 aliphatic rings. The summed E-state index contributed by atoms with van der Waals surface area (Å²) in [4.78, 5) is 31.6. The van der Waals surface area contributed by atoms with Crippen molar-refractivity contribution in [3.05, 3.63) is 77.9 Å². The first-order valence-corrected chi connectivity index (χ1v) is 8.99. The molecule has 0 aliphatic carbocycles. The van der Waals surface area contributed by atoms with E-state index in [2.05, 4.69) is 25.9 Å². The molecular formula is C21H20FN5O2. The molecule has 3 aromatic rings. The smallest absolute Gasteiger partial charge is 0.254 e. The van der Waals surface area contributed by atoms with Crippen molar-refractivity contribution in [2.45, 2.75) is 13.3 Å². The Bertz CT molecular complexity index is 991. The summed E-state index contributed by atoms with van der Waals surface area (Å²) in [6.45, 7) is 1.85. The quantitative estimate of drug-likeness (QED) is 0.572. The zero-order chi connectivity index (χ0) is 20.6. The number of nitrogens with one attached hydrogen (secondary N) is 3. The van der Waals surface area contributed by atoms with Crippen molar-refractivity contribution >= 4 is 29.1 Å². The number of aromatic nitrogens is 2. The maximum Gasteiger partial charge on any atom is 0.254 e. The molecule has 148 valence electrons. The topological polar surface area (TPSA) is 96.0 Å². The van der Waals surface area contributed by atoms with Gasteiger partial charge in [0.2, 0.25) is 11.9 Å². The molecule has 1 aromatic heterocycles. The SMILES string of the molecule is CC(=O)Nc1cccc(Nc2ncc(C(=O)NCCc3ccc(F)cc3)cn2)c1. The zero-order valence-corrected chi connectivity index (χ0v) is 15.8. The van der Waals surface area contributed by atoms with Gasteiger partial charge in [-0.15, -0.1) is 0 Å². The van der Waals surface area contributed by atoms with Gasteiger partial charge in [-0.3, -0.25) is 9.59 Å². The lowest BCUT2D eigenvalue weighted by molar-refractivity contribution is -0.114. The number of rotatable bonds is 7. The van der Waals surface area contributed by atoms with Crippen molar-refractivity contribution in [2.75, 3.05) is 17.2 Å². The maximum atomic E-state index is 12.9. The minimum atomic E-state index is -0.287. The van der Waals surface area contributed by atoms with Gasteiger partial charge in [0.15, 0.2) is 0 Å². The molecule has 0 unspecified atom stereocenters. The molecule has 1 heterocycles. The Balaban J connectivity index is 1.53. The van der Waals surface area contributed by atoms with Gasteiger partial charge < -0.3 is 16.0 Å². The molecule has 0 saturated carbocycles. The zero-order valence-electron chi connectivity index (χ0n) is 15.8. The fourth-order valence-electron chi connectivity index (χ4n) is 2.59. The highest BCUT2D eigenvalue weighted by Crippen LogP contribution is 2.18. The molecule has 2 aromatic carbocycles. The largest absolute Gasteiger partial charge is 0.352 e. The summed E-state index contributed by atoms with van der Waals surface area (Å²) in [6, 6.07) is 13.3. The van der Waals surface area contributed by atoms with E-state index in [1.807, 2.05) is 6.07 Å². The molecule has 0 bridgehead atoms. The third-order valence-electron chi connectivity index (χ3n) is 3.97. The summed E-state index contributed by atoms with van der Waals surface area (Å²) >= 11 is 0. The Hall–Kier alpha value is -3.81. The van der Waals surface area contributed by atoms with Gasteiger partial charge in [-0.1, -0.05) is 18.2 Å². The summed E-state index contributed by atoms with van der Waals surface area (Å²) in [5.41, 5.74) is 2.62. The van der Waals surface area contributed by atoms with Crippen LogP contribution in [0, 0.1) is 5.82 Å². The van der Waals surface area contributed by atoms with Crippen LogP contribution in [0.4, 0.5) is 21.7 Å². The highest BCUT2D eigenvalue weighted by atomic mass is 19.1. The Kier molecular flexibility index (Phi) is 6.47. The second kappa shape index (κ2) is 9.41. The van der Waals surface area contributed by atoms with Crippen LogP contribution in [0.3, 0.4) is 0 Å². The van der Waals surface area contributed by atoms with Crippen molar-refractivity contribution < 1.29 is 14.0 Å². The van der Waals surface area contributed by atoms with Gasteiger partial charge in [0.1, 0.15) is 5.82 Å².